The molecule has 0 radical (unpaired) electrons. The zero-order valence-electron chi connectivity index (χ0n) is 13.9. The van der Waals surface area contributed by atoms with Crippen LogP contribution < -0.4 is 10.6 Å². The number of aryl methyl sites for hydroxylation is 1. The summed E-state index contributed by atoms with van der Waals surface area (Å²) in [7, 11) is 0. The number of hydrogen-bond donors (Lipinski definition) is 2. The molecule has 126 valence electrons. The minimum absolute atomic E-state index is 0.550. The fourth-order valence-electron chi connectivity index (χ4n) is 2.26. The lowest BCUT2D eigenvalue weighted by molar-refractivity contribution is 0.764. The van der Waals surface area contributed by atoms with E-state index in [4.69, 9.17) is 0 Å². The predicted octanol–water partition coefficient (Wildman–Crippen LogP) is 2.00. The number of aliphatic imine (C=N–C) groups is 1. The Balaban J connectivity index is 1.66. The Morgan fingerprint density at radius 3 is 2.96 bits per heavy atom. The molecule has 0 spiro atoms. The molecule has 0 aliphatic heterocycles. The average molecular weight is 343 g/mol. The highest BCUT2D eigenvalue weighted by molar-refractivity contribution is 7.09. The van der Waals surface area contributed by atoms with E-state index in [1.165, 1.54) is 0 Å². The van der Waals surface area contributed by atoms with Crippen molar-refractivity contribution in [2.75, 3.05) is 6.54 Å². The summed E-state index contributed by atoms with van der Waals surface area (Å²) in [5, 5.41) is 18.1. The Labute approximate surface area is 144 Å². The van der Waals surface area contributed by atoms with Crippen molar-refractivity contribution in [3.05, 3.63) is 46.3 Å². The van der Waals surface area contributed by atoms with Gasteiger partial charge in [0.1, 0.15) is 0 Å². The summed E-state index contributed by atoms with van der Waals surface area (Å²) in [6.07, 6.45) is 2.92. The normalized spacial score (nSPS) is 11.8. The molecule has 0 atom stereocenters. The molecule has 0 bridgehead atoms. The molecule has 0 unspecified atom stereocenters. The van der Waals surface area contributed by atoms with Crippen LogP contribution in [0.1, 0.15) is 30.4 Å². The first kappa shape index (κ1) is 16.4. The summed E-state index contributed by atoms with van der Waals surface area (Å²) in [6.45, 7) is 6.06. The molecule has 0 amide bonds. The van der Waals surface area contributed by atoms with Crippen LogP contribution in [0, 0.1) is 0 Å². The Morgan fingerprint density at radius 1 is 1.25 bits per heavy atom. The largest absolute Gasteiger partial charge is 0.357 e. The predicted molar refractivity (Wildman–Crippen MR) is 96.1 cm³/mol. The van der Waals surface area contributed by atoms with Crippen molar-refractivity contribution >= 4 is 22.9 Å². The van der Waals surface area contributed by atoms with Crippen molar-refractivity contribution in [3.8, 4) is 0 Å². The number of nitrogens with zero attached hydrogens (tertiary/aromatic N) is 5. The molecule has 8 heteroatoms. The van der Waals surface area contributed by atoms with Crippen LogP contribution in [0.4, 0.5) is 0 Å². The smallest absolute Gasteiger partial charge is 0.192 e. The fraction of sp³-hybridized carbons (Fsp3) is 0.375. The van der Waals surface area contributed by atoms with E-state index in [-0.39, 0.29) is 0 Å². The zero-order chi connectivity index (χ0) is 16.8. The van der Waals surface area contributed by atoms with E-state index < -0.39 is 0 Å². The van der Waals surface area contributed by atoms with Crippen LogP contribution in [0.25, 0.3) is 5.65 Å². The SMILES string of the molecule is CCNC(=NCc1csc(CC)n1)NCc1nnc2ccccn12. The highest BCUT2D eigenvalue weighted by Crippen LogP contribution is 2.10. The second kappa shape index (κ2) is 7.87. The molecule has 3 aromatic rings. The van der Waals surface area contributed by atoms with E-state index in [1.807, 2.05) is 35.7 Å². The molecular weight excluding hydrogens is 322 g/mol. The van der Waals surface area contributed by atoms with Gasteiger partial charge in [-0.15, -0.1) is 21.5 Å². The summed E-state index contributed by atoms with van der Waals surface area (Å²) in [5.41, 5.74) is 1.84. The highest BCUT2D eigenvalue weighted by atomic mass is 32.1. The first-order chi connectivity index (χ1) is 11.8. The van der Waals surface area contributed by atoms with E-state index in [0.29, 0.717) is 13.1 Å². The summed E-state index contributed by atoms with van der Waals surface area (Å²) < 4.78 is 1.96. The van der Waals surface area contributed by atoms with Gasteiger partial charge in [-0.1, -0.05) is 13.0 Å². The molecule has 24 heavy (non-hydrogen) atoms. The van der Waals surface area contributed by atoms with Crippen molar-refractivity contribution in [3.63, 3.8) is 0 Å². The molecule has 0 aliphatic carbocycles. The van der Waals surface area contributed by atoms with E-state index in [0.717, 1.165) is 41.1 Å². The maximum absolute atomic E-state index is 4.59. The van der Waals surface area contributed by atoms with E-state index in [1.54, 1.807) is 11.3 Å². The lowest BCUT2D eigenvalue weighted by atomic mass is 10.4. The van der Waals surface area contributed by atoms with Crippen LogP contribution in [0.3, 0.4) is 0 Å². The molecule has 0 aromatic carbocycles. The maximum Gasteiger partial charge on any atom is 0.192 e. The van der Waals surface area contributed by atoms with E-state index >= 15 is 0 Å². The van der Waals surface area contributed by atoms with Gasteiger partial charge in [-0.25, -0.2) is 9.98 Å². The number of thiazole rings is 1. The van der Waals surface area contributed by atoms with E-state index in [2.05, 4.69) is 43.1 Å². The third-order valence-electron chi connectivity index (χ3n) is 3.44. The minimum atomic E-state index is 0.550. The van der Waals surface area contributed by atoms with Crippen molar-refractivity contribution in [2.24, 2.45) is 4.99 Å². The van der Waals surface area contributed by atoms with Crippen LogP contribution >= 0.6 is 11.3 Å². The van der Waals surface area contributed by atoms with E-state index in [9.17, 15) is 0 Å². The molecule has 7 nitrogen and oxygen atoms in total. The van der Waals surface area contributed by atoms with Crippen molar-refractivity contribution in [1.82, 2.24) is 30.2 Å². The van der Waals surface area contributed by atoms with Crippen molar-refractivity contribution in [1.29, 1.82) is 0 Å². The number of rotatable bonds is 6. The number of hydrogen-bond acceptors (Lipinski definition) is 5. The van der Waals surface area contributed by atoms with Crippen molar-refractivity contribution in [2.45, 2.75) is 33.4 Å². The van der Waals surface area contributed by atoms with Crippen LogP contribution in [-0.2, 0) is 19.5 Å². The van der Waals surface area contributed by atoms with Gasteiger partial charge in [0.25, 0.3) is 0 Å². The molecule has 3 rings (SSSR count). The van der Waals surface area contributed by atoms with Gasteiger partial charge in [-0.05, 0) is 25.5 Å². The third kappa shape index (κ3) is 3.88. The first-order valence-electron chi connectivity index (χ1n) is 8.04. The third-order valence-corrected chi connectivity index (χ3v) is 4.49. The molecule has 0 aliphatic rings. The summed E-state index contributed by atoms with van der Waals surface area (Å²) >= 11 is 1.68. The van der Waals surface area contributed by atoms with Gasteiger partial charge in [-0.3, -0.25) is 4.40 Å². The number of pyridine rings is 1. The molecule has 0 saturated heterocycles. The van der Waals surface area contributed by atoms with Gasteiger partial charge < -0.3 is 10.6 Å². The fourth-order valence-corrected chi connectivity index (χ4v) is 3.00. The average Bonchev–Trinajstić information content (AvgIpc) is 3.24. The molecule has 3 heterocycles. The van der Waals surface area contributed by atoms with Crippen LogP contribution in [-0.4, -0.2) is 32.1 Å². The minimum Gasteiger partial charge on any atom is -0.357 e. The number of nitrogens with one attached hydrogen (secondary N) is 2. The second-order valence-corrected chi connectivity index (χ2v) is 6.12. The number of fused-ring (bicyclic) bond motifs is 1. The van der Waals surface area contributed by atoms with Gasteiger partial charge >= 0.3 is 0 Å². The Morgan fingerprint density at radius 2 is 2.17 bits per heavy atom. The first-order valence-corrected chi connectivity index (χ1v) is 8.92. The van der Waals surface area contributed by atoms with Gasteiger partial charge in [0, 0.05) is 18.1 Å². The lowest BCUT2D eigenvalue weighted by Gasteiger charge is -2.10. The Kier molecular flexibility index (Phi) is 5.37. The van der Waals surface area contributed by atoms with Crippen LogP contribution in [0.5, 0.6) is 0 Å². The second-order valence-electron chi connectivity index (χ2n) is 5.18. The molecule has 0 saturated carbocycles. The lowest BCUT2D eigenvalue weighted by Crippen LogP contribution is -2.37. The number of guanidine groups is 1. The van der Waals surface area contributed by atoms with Gasteiger partial charge in [0.2, 0.25) is 0 Å². The summed E-state index contributed by atoms with van der Waals surface area (Å²) in [4.78, 5) is 9.13. The standard InChI is InChI=1S/C16H21N7S/c1-3-15-20-12(11-24-15)9-18-16(17-4-2)19-10-14-22-21-13-7-5-6-8-23(13)14/h5-8,11H,3-4,9-10H2,1-2H3,(H2,17,18,19). The number of aromatic nitrogens is 4. The maximum atomic E-state index is 4.59. The van der Waals surface area contributed by atoms with Gasteiger partial charge in [-0.2, -0.15) is 0 Å². The molecule has 3 aromatic heterocycles. The van der Waals surface area contributed by atoms with Crippen LogP contribution in [0.15, 0.2) is 34.8 Å². The van der Waals surface area contributed by atoms with Gasteiger partial charge in [0.05, 0.1) is 23.8 Å². The summed E-state index contributed by atoms with van der Waals surface area (Å²) in [5.74, 6) is 1.59. The molecule has 2 N–H and O–H groups in total. The highest BCUT2D eigenvalue weighted by Gasteiger charge is 2.06. The van der Waals surface area contributed by atoms with Crippen LogP contribution in [0.2, 0.25) is 0 Å². The Hall–Kier alpha value is -2.48. The zero-order valence-corrected chi connectivity index (χ0v) is 14.7. The van der Waals surface area contributed by atoms with Crippen molar-refractivity contribution < 1.29 is 0 Å². The Bertz CT molecular complexity index is 821. The quantitative estimate of drug-likeness (QED) is 0.529. The topological polar surface area (TPSA) is 79.5 Å². The molecular formula is C16H21N7S. The monoisotopic (exact) mass is 343 g/mol. The molecule has 0 fully saturated rings. The summed E-state index contributed by atoms with van der Waals surface area (Å²) in [6, 6.07) is 5.85. The van der Waals surface area contributed by atoms with Gasteiger partial charge in [0.15, 0.2) is 17.4 Å².